The first-order chi connectivity index (χ1) is 5.77. The number of aliphatic hydroxyl groups is 1. The Kier molecular flexibility index (Phi) is 3.90. The van der Waals surface area contributed by atoms with E-state index in [9.17, 15) is 0 Å². The number of aliphatic hydroxyl groups excluding tert-OH is 1. The smallest absolute Gasteiger partial charge is 0.0727 e. The molecule has 0 fully saturated rings. The summed E-state index contributed by atoms with van der Waals surface area (Å²) in [5.74, 6) is 0. The van der Waals surface area contributed by atoms with Crippen LogP contribution in [0.2, 0.25) is 0 Å². The van der Waals surface area contributed by atoms with Gasteiger partial charge in [0.1, 0.15) is 0 Å². The SMILES string of the molecule is CNC(CO)c1cc(I)ccn1. The topological polar surface area (TPSA) is 45.1 Å². The third-order valence-corrected chi connectivity index (χ3v) is 2.30. The Balaban J connectivity index is 2.85. The lowest BCUT2D eigenvalue weighted by atomic mass is 10.2. The zero-order chi connectivity index (χ0) is 8.97. The molecule has 0 aromatic carbocycles. The zero-order valence-corrected chi connectivity index (χ0v) is 8.95. The summed E-state index contributed by atoms with van der Waals surface area (Å²) in [4.78, 5) is 4.15. The number of rotatable bonds is 3. The summed E-state index contributed by atoms with van der Waals surface area (Å²) in [7, 11) is 1.81. The largest absolute Gasteiger partial charge is 0.394 e. The Hall–Kier alpha value is -0.200. The molecule has 12 heavy (non-hydrogen) atoms. The van der Waals surface area contributed by atoms with Crippen LogP contribution in [0, 0.1) is 3.57 Å². The molecule has 0 amide bonds. The molecular formula is C8H11IN2O. The fourth-order valence-corrected chi connectivity index (χ4v) is 1.42. The van der Waals surface area contributed by atoms with Crippen molar-refractivity contribution in [1.82, 2.24) is 10.3 Å². The molecule has 0 bridgehead atoms. The minimum Gasteiger partial charge on any atom is -0.394 e. The molecule has 1 heterocycles. The fourth-order valence-electron chi connectivity index (χ4n) is 0.944. The van der Waals surface area contributed by atoms with E-state index in [0.29, 0.717) is 0 Å². The van der Waals surface area contributed by atoms with Gasteiger partial charge < -0.3 is 10.4 Å². The number of likely N-dealkylation sites (N-methyl/N-ethyl adjacent to an activating group) is 1. The van der Waals surface area contributed by atoms with E-state index in [2.05, 4.69) is 32.9 Å². The summed E-state index contributed by atoms with van der Waals surface area (Å²) >= 11 is 2.22. The molecule has 1 unspecified atom stereocenters. The quantitative estimate of drug-likeness (QED) is 0.809. The first-order valence-electron chi connectivity index (χ1n) is 3.67. The van der Waals surface area contributed by atoms with E-state index < -0.39 is 0 Å². The van der Waals surface area contributed by atoms with Crippen molar-refractivity contribution in [3.05, 3.63) is 27.6 Å². The third kappa shape index (κ3) is 2.40. The highest BCUT2D eigenvalue weighted by molar-refractivity contribution is 14.1. The lowest BCUT2D eigenvalue weighted by molar-refractivity contribution is 0.248. The minimum absolute atomic E-state index is 0.0558. The first-order valence-corrected chi connectivity index (χ1v) is 4.75. The lowest BCUT2D eigenvalue weighted by Crippen LogP contribution is -2.21. The fraction of sp³-hybridized carbons (Fsp3) is 0.375. The number of hydrogen-bond acceptors (Lipinski definition) is 3. The molecule has 0 aliphatic rings. The summed E-state index contributed by atoms with van der Waals surface area (Å²) in [5.41, 5.74) is 0.881. The van der Waals surface area contributed by atoms with Crippen LogP contribution in [-0.2, 0) is 0 Å². The Morgan fingerprint density at radius 2 is 2.50 bits per heavy atom. The molecule has 0 saturated heterocycles. The average Bonchev–Trinajstić information content (AvgIpc) is 2.07. The summed E-state index contributed by atoms with van der Waals surface area (Å²) in [6.45, 7) is 0.0730. The highest BCUT2D eigenvalue weighted by Gasteiger charge is 2.08. The van der Waals surface area contributed by atoms with E-state index in [4.69, 9.17) is 5.11 Å². The Morgan fingerprint density at radius 3 is 3.00 bits per heavy atom. The van der Waals surface area contributed by atoms with Gasteiger partial charge in [0.2, 0.25) is 0 Å². The molecule has 0 saturated carbocycles. The maximum atomic E-state index is 8.97. The van der Waals surface area contributed by atoms with Crippen molar-refractivity contribution in [2.24, 2.45) is 0 Å². The Morgan fingerprint density at radius 1 is 1.75 bits per heavy atom. The first kappa shape index (κ1) is 9.88. The van der Waals surface area contributed by atoms with Gasteiger partial charge in [-0.3, -0.25) is 4.98 Å². The number of hydrogen-bond donors (Lipinski definition) is 2. The van der Waals surface area contributed by atoms with E-state index in [1.165, 1.54) is 0 Å². The number of halogens is 1. The van der Waals surface area contributed by atoms with Crippen LogP contribution < -0.4 is 5.32 Å². The van der Waals surface area contributed by atoms with Crippen LogP contribution in [-0.4, -0.2) is 23.7 Å². The van der Waals surface area contributed by atoms with Gasteiger partial charge in [-0.15, -0.1) is 0 Å². The van der Waals surface area contributed by atoms with Crippen LogP contribution in [0.4, 0.5) is 0 Å². The predicted molar refractivity (Wildman–Crippen MR) is 55.8 cm³/mol. The van der Waals surface area contributed by atoms with Crippen LogP contribution in [0.5, 0.6) is 0 Å². The van der Waals surface area contributed by atoms with Gasteiger partial charge in [-0.05, 0) is 41.8 Å². The van der Waals surface area contributed by atoms with E-state index in [-0.39, 0.29) is 12.6 Å². The molecule has 1 atom stereocenters. The molecule has 0 aliphatic carbocycles. The molecule has 1 aromatic heterocycles. The molecular weight excluding hydrogens is 267 g/mol. The van der Waals surface area contributed by atoms with Crippen molar-refractivity contribution in [2.45, 2.75) is 6.04 Å². The number of nitrogens with zero attached hydrogens (tertiary/aromatic N) is 1. The number of nitrogens with one attached hydrogen (secondary N) is 1. The average molecular weight is 278 g/mol. The lowest BCUT2D eigenvalue weighted by Gasteiger charge is -2.11. The van der Waals surface area contributed by atoms with Crippen LogP contribution >= 0.6 is 22.6 Å². The predicted octanol–water partition coefficient (Wildman–Crippen LogP) is 0.939. The summed E-state index contributed by atoms with van der Waals surface area (Å²) in [6.07, 6.45) is 1.75. The molecule has 0 spiro atoms. The maximum Gasteiger partial charge on any atom is 0.0727 e. The second-order valence-corrected chi connectivity index (χ2v) is 3.67. The summed E-state index contributed by atoms with van der Waals surface area (Å²) in [5, 5.41) is 11.9. The van der Waals surface area contributed by atoms with Crippen molar-refractivity contribution >= 4 is 22.6 Å². The van der Waals surface area contributed by atoms with E-state index in [1.807, 2.05) is 19.2 Å². The Labute approximate surface area is 85.4 Å². The zero-order valence-electron chi connectivity index (χ0n) is 6.79. The van der Waals surface area contributed by atoms with Gasteiger partial charge >= 0.3 is 0 Å². The van der Waals surface area contributed by atoms with Gasteiger partial charge in [0.25, 0.3) is 0 Å². The summed E-state index contributed by atoms with van der Waals surface area (Å²) < 4.78 is 1.13. The molecule has 0 aliphatic heterocycles. The maximum absolute atomic E-state index is 8.97. The molecule has 66 valence electrons. The van der Waals surface area contributed by atoms with Gasteiger partial charge in [-0.1, -0.05) is 0 Å². The molecule has 3 nitrogen and oxygen atoms in total. The van der Waals surface area contributed by atoms with Gasteiger partial charge in [-0.25, -0.2) is 0 Å². The van der Waals surface area contributed by atoms with E-state index in [0.717, 1.165) is 9.26 Å². The molecule has 2 N–H and O–H groups in total. The van der Waals surface area contributed by atoms with Crippen molar-refractivity contribution < 1.29 is 5.11 Å². The van der Waals surface area contributed by atoms with E-state index in [1.54, 1.807) is 6.20 Å². The van der Waals surface area contributed by atoms with Gasteiger partial charge in [0.15, 0.2) is 0 Å². The second kappa shape index (κ2) is 4.74. The second-order valence-electron chi connectivity index (χ2n) is 2.42. The molecule has 1 rings (SSSR count). The molecule has 0 radical (unpaired) electrons. The van der Waals surface area contributed by atoms with Crippen LogP contribution in [0.1, 0.15) is 11.7 Å². The van der Waals surface area contributed by atoms with Crippen LogP contribution in [0.3, 0.4) is 0 Å². The molecule has 1 aromatic rings. The van der Waals surface area contributed by atoms with Crippen molar-refractivity contribution in [3.8, 4) is 0 Å². The van der Waals surface area contributed by atoms with Crippen molar-refractivity contribution in [2.75, 3.05) is 13.7 Å². The monoisotopic (exact) mass is 278 g/mol. The highest BCUT2D eigenvalue weighted by Crippen LogP contribution is 2.11. The highest BCUT2D eigenvalue weighted by atomic mass is 127. The minimum atomic E-state index is -0.0558. The van der Waals surface area contributed by atoms with Crippen molar-refractivity contribution in [3.63, 3.8) is 0 Å². The van der Waals surface area contributed by atoms with E-state index >= 15 is 0 Å². The van der Waals surface area contributed by atoms with Gasteiger partial charge in [-0.2, -0.15) is 0 Å². The molecule has 4 heteroatoms. The van der Waals surface area contributed by atoms with Crippen molar-refractivity contribution in [1.29, 1.82) is 0 Å². The van der Waals surface area contributed by atoms with Gasteiger partial charge in [0.05, 0.1) is 18.3 Å². The summed E-state index contributed by atoms with van der Waals surface area (Å²) in [6, 6.07) is 3.83. The van der Waals surface area contributed by atoms with Crippen LogP contribution in [0.15, 0.2) is 18.3 Å². The Bertz CT molecular complexity index is 251. The number of pyridine rings is 1. The van der Waals surface area contributed by atoms with Gasteiger partial charge in [0, 0.05) is 9.77 Å². The normalized spacial score (nSPS) is 12.9. The van der Waals surface area contributed by atoms with Crippen LogP contribution in [0.25, 0.3) is 0 Å². The number of aromatic nitrogens is 1. The third-order valence-electron chi connectivity index (χ3n) is 1.63. The standard InChI is InChI=1S/C8H11IN2O/c1-10-8(5-12)7-4-6(9)2-3-11-7/h2-4,8,10,12H,5H2,1H3.